The van der Waals surface area contributed by atoms with Crippen molar-refractivity contribution in [3.05, 3.63) is 43.0 Å². The number of halogens is 2. The van der Waals surface area contributed by atoms with Crippen molar-refractivity contribution in [2.75, 3.05) is 6.61 Å². The summed E-state index contributed by atoms with van der Waals surface area (Å²) in [7, 11) is 0. The van der Waals surface area contributed by atoms with Gasteiger partial charge in [-0.1, -0.05) is 5.11 Å². The summed E-state index contributed by atoms with van der Waals surface area (Å²) in [5, 5.41) is 12.5. The van der Waals surface area contributed by atoms with E-state index in [1.165, 1.54) is 0 Å². The van der Waals surface area contributed by atoms with Gasteiger partial charge >= 0.3 is 5.69 Å². The zero-order chi connectivity index (χ0) is 15.6. The van der Waals surface area contributed by atoms with Gasteiger partial charge in [0.25, 0.3) is 12.0 Å². The average Bonchev–Trinajstić information content (AvgIpc) is 2.81. The fraction of sp³-hybridized carbons (Fsp3) is 0.600. The second-order valence-electron chi connectivity index (χ2n) is 4.37. The van der Waals surface area contributed by atoms with E-state index in [1.54, 1.807) is 4.98 Å². The van der Waals surface area contributed by atoms with Crippen LogP contribution in [0.5, 0.6) is 0 Å². The van der Waals surface area contributed by atoms with Crippen LogP contribution in [0.15, 0.2) is 20.9 Å². The van der Waals surface area contributed by atoms with Crippen LogP contribution in [0.4, 0.5) is 8.78 Å². The van der Waals surface area contributed by atoms with Crippen molar-refractivity contribution >= 4 is 0 Å². The van der Waals surface area contributed by atoms with Crippen molar-refractivity contribution in [2.45, 2.75) is 31.2 Å². The Bertz CT molecular complexity index is 681. The minimum atomic E-state index is -3.05. The van der Waals surface area contributed by atoms with Gasteiger partial charge in [-0.15, -0.1) is 0 Å². The third kappa shape index (κ3) is 2.94. The molecule has 0 spiro atoms. The van der Waals surface area contributed by atoms with Crippen molar-refractivity contribution in [1.29, 1.82) is 0 Å². The number of H-pyrrole nitrogens is 1. The van der Waals surface area contributed by atoms with Gasteiger partial charge in [-0.25, -0.2) is 13.6 Å². The predicted molar refractivity (Wildman–Crippen MR) is 64.8 cm³/mol. The van der Waals surface area contributed by atoms with Crippen molar-refractivity contribution in [1.82, 2.24) is 9.55 Å². The number of ether oxygens (including phenoxy) is 1. The number of aromatic nitrogens is 2. The Morgan fingerprint density at radius 3 is 2.90 bits per heavy atom. The first-order chi connectivity index (χ1) is 9.97. The summed E-state index contributed by atoms with van der Waals surface area (Å²) < 4.78 is 31.5. The van der Waals surface area contributed by atoms with Crippen LogP contribution in [-0.2, 0) is 4.74 Å². The largest absolute Gasteiger partial charge is 0.394 e. The lowest BCUT2D eigenvalue weighted by Crippen LogP contribution is -2.34. The molecule has 2 heterocycles. The lowest BCUT2D eigenvalue weighted by atomic mass is 10.1. The molecule has 114 valence electrons. The Hall–Kier alpha value is -2.23. The van der Waals surface area contributed by atoms with Gasteiger partial charge in [0.1, 0.15) is 6.23 Å². The molecule has 11 heteroatoms. The molecule has 1 fully saturated rings. The van der Waals surface area contributed by atoms with Gasteiger partial charge in [-0.2, -0.15) is 0 Å². The van der Waals surface area contributed by atoms with Crippen LogP contribution in [0, 0.1) is 0 Å². The molecule has 9 nitrogen and oxygen atoms in total. The topological polar surface area (TPSA) is 133 Å². The van der Waals surface area contributed by atoms with E-state index < -0.39 is 48.2 Å². The predicted octanol–water partition coefficient (Wildman–Crippen LogP) is 0.433. The number of nitrogens with one attached hydrogen (secondary N) is 1. The molecule has 0 aromatic carbocycles. The molecule has 0 aliphatic carbocycles. The third-order valence-corrected chi connectivity index (χ3v) is 3.12. The standard InChI is InChI=1S/C10H11F2N5O4/c11-8(12)4-2-17(10(20)14-9(4)19)7-1-5(15-16-13)6(3-18)21-7/h2,5-8,18H,1,3H2,(H,14,19,20)/t5-,6+,7+/m0/s1/i11-1,12-1. The van der Waals surface area contributed by atoms with Crippen LogP contribution in [0.1, 0.15) is 24.6 Å². The first-order valence-corrected chi connectivity index (χ1v) is 5.92. The first kappa shape index (κ1) is 15.2. The Morgan fingerprint density at radius 1 is 1.62 bits per heavy atom. The fourth-order valence-corrected chi connectivity index (χ4v) is 2.11. The number of azide groups is 1. The maximum Gasteiger partial charge on any atom is 0.330 e. The molecular weight excluding hydrogens is 290 g/mol. The number of aliphatic hydroxyl groups is 1. The molecule has 2 N–H and O–H groups in total. The Labute approximate surface area is 115 Å². The summed E-state index contributed by atoms with van der Waals surface area (Å²) in [6.07, 6.45) is -4.18. The maximum atomic E-state index is 12.7. The van der Waals surface area contributed by atoms with E-state index >= 15 is 0 Å². The highest BCUT2D eigenvalue weighted by Crippen LogP contribution is 2.30. The molecule has 0 amide bonds. The number of aromatic amines is 1. The number of nitrogens with zero attached hydrogens (tertiary/aromatic N) is 4. The van der Waals surface area contributed by atoms with E-state index in [4.69, 9.17) is 15.4 Å². The maximum absolute atomic E-state index is 12.7. The highest BCUT2D eigenvalue weighted by atomic mass is 18.3. The molecule has 3 atom stereocenters. The molecule has 1 saturated heterocycles. The van der Waals surface area contributed by atoms with E-state index in [2.05, 4.69) is 10.0 Å². The molecule has 0 radical (unpaired) electrons. The highest BCUT2D eigenvalue weighted by molar-refractivity contribution is 5.06. The average molecular weight is 301 g/mol. The SMILES string of the molecule is [N-]=[N+]=N[C@H]1C[C@H](n2cc(C([18F])[18F])c(=O)[nH]c2=O)O[C@@H]1CO. The molecule has 1 aliphatic heterocycles. The van der Waals surface area contributed by atoms with E-state index in [0.29, 0.717) is 6.20 Å². The molecule has 0 saturated carbocycles. The molecule has 0 bridgehead atoms. The van der Waals surface area contributed by atoms with E-state index in [9.17, 15) is 18.4 Å². The molecular formula is C10H11F2N5O4. The van der Waals surface area contributed by atoms with Crippen LogP contribution >= 0.6 is 0 Å². The summed E-state index contributed by atoms with van der Waals surface area (Å²) in [6, 6.07) is -0.737. The second-order valence-corrected chi connectivity index (χ2v) is 4.37. The zero-order valence-electron chi connectivity index (χ0n) is 10.5. The Balaban J connectivity index is 2.39. The normalized spacial score (nSPS) is 25.0. The fourth-order valence-electron chi connectivity index (χ4n) is 2.11. The van der Waals surface area contributed by atoms with Gasteiger partial charge in [0, 0.05) is 17.5 Å². The molecule has 2 rings (SSSR count). The van der Waals surface area contributed by atoms with Gasteiger partial charge in [-0.05, 0) is 5.53 Å². The monoisotopic (exact) mass is 301 g/mol. The Morgan fingerprint density at radius 2 is 2.33 bits per heavy atom. The third-order valence-electron chi connectivity index (χ3n) is 3.12. The van der Waals surface area contributed by atoms with Gasteiger partial charge in [0.05, 0.1) is 24.3 Å². The van der Waals surface area contributed by atoms with Crippen molar-refractivity contribution in [3.63, 3.8) is 0 Å². The van der Waals surface area contributed by atoms with Crippen LogP contribution in [-0.4, -0.2) is 33.4 Å². The number of rotatable bonds is 4. The number of hydrogen-bond donors (Lipinski definition) is 2. The minimum absolute atomic E-state index is 0.0178. The van der Waals surface area contributed by atoms with Crippen molar-refractivity contribution in [2.24, 2.45) is 5.11 Å². The van der Waals surface area contributed by atoms with Gasteiger partial charge in [0.15, 0.2) is 0 Å². The zero-order valence-corrected chi connectivity index (χ0v) is 10.5. The van der Waals surface area contributed by atoms with Gasteiger partial charge in [0.2, 0.25) is 0 Å². The minimum Gasteiger partial charge on any atom is -0.394 e. The van der Waals surface area contributed by atoms with Crippen LogP contribution in [0.25, 0.3) is 10.4 Å². The van der Waals surface area contributed by atoms with E-state index in [1.807, 2.05) is 0 Å². The van der Waals surface area contributed by atoms with Gasteiger partial charge < -0.3 is 9.84 Å². The number of alkyl halides is 2. The summed E-state index contributed by atoms with van der Waals surface area (Å²) >= 11 is 0. The van der Waals surface area contributed by atoms with Crippen molar-refractivity contribution < 1.29 is 18.6 Å². The quantitative estimate of drug-likeness (QED) is 0.474. The van der Waals surface area contributed by atoms with Gasteiger partial charge in [-0.3, -0.25) is 14.3 Å². The lowest BCUT2D eigenvalue weighted by Gasteiger charge is -2.15. The first-order valence-electron chi connectivity index (χ1n) is 5.92. The summed E-state index contributed by atoms with van der Waals surface area (Å²) in [6.45, 7) is -0.458. The highest BCUT2D eigenvalue weighted by Gasteiger charge is 2.36. The van der Waals surface area contributed by atoms with Crippen LogP contribution in [0.2, 0.25) is 0 Å². The molecule has 1 aromatic heterocycles. The summed E-state index contributed by atoms with van der Waals surface area (Å²) in [5.41, 5.74) is 5.45. The van der Waals surface area contributed by atoms with Crippen LogP contribution < -0.4 is 11.2 Å². The summed E-state index contributed by atoms with van der Waals surface area (Å²) in [5.74, 6) is 0. The molecule has 1 aromatic rings. The van der Waals surface area contributed by atoms with Crippen LogP contribution in [0.3, 0.4) is 0 Å². The number of hydrogen-bond acceptors (Lipinski definition) is 5. The van der Waals surface area contributed by atoms with E-state index in [-0.39, 0.29) is 6.42 Å². The Kier molecular flexibility index (Phi) is 4.36. The van der Waals surface area contributed by atoms with E-state index in [0.717, 1.165) is 4.57 Å². The molecule has 21 heavy (non-hydrogen) atoms. The lowest BCUT2D eigenvalue weighted by molar-refractivity contribution is -0.0275. The smallest absolute Gasteiger partial charge is 0.330 e. The van der Waals surface area contributed by atoms with Crippen molar-refractivity contribution in [3.8, 4) is 0 Å². The second kappa shape index (κ2) is 6.04. The molecule has 1 aliphatic rings. The number of aliphatic hydroxyl groups excluding tert-OH is 1. The molecule has 0 unspecified atom stereocenters. The summed E-state index contributed by atoms with van der Waals surface area (Å²) in [4.78, 5) is 27.3.